The van der Waals surface area contributed by atoms with Crippen molar-refractivity contribution in [3.05, 3.63) is 24.0 Å². The number of nitrogens with one attached hydrogen (secondary N) is 2. The van der Waals surface area contributed by atoms with E-state index < -0.39 is 0 Å². The maximum Gasteiger partial charge on any atom is 0.269 e. The predicted octanol–water partition coefficient (Wildman–Crippen LogP) is 2.43. The number of aromatic nitrogens is 1. The Hall–Kier alpha value is -1.58. The van der Waals surface area contributed by atoms with Crippen LogP contribution in [0.1, 0.15) is 42.6 Å². The zero-order chi connectivity index (χ0) is 12.8. The summed E-state index contributed by atoms with van der Waals surface area (Å²) in [7, 11) is 1.62. The van der Waals surface area contributed by atoms with Gasteiger partial charge in [0.2, 0.25) is 0 Å². The molecule has 0 spiro atoms. The van der Waals surface area contributed by atoms with Crippen molar-refractivity contribution in [1.82, 2.24) is 10.3 Å². The summed E-state index contributed by atoms with van der Waals surface area (Å²) in [6.07, 6.45) is 8.42. The molecule has 1 amide bonds. The highest BCUT2D eigenvalue weighted by Gasteiger charge is 2.14. The van der Waals surface area contributed by atoms with Crippen LogP contribution in [0.4, 0.5) is 5.69 Å². The SMILES string of the molecule is CNC(=O)c1cc(NCCC2CCCC2)ccn1. The maximum absolute atomic E-state index is 11.4. The fourth-order valence-electron chi connectivity index (χ4n) is 2.51. The molecule has 1 aliphatic rings. The molecule has 1 aromatic heterocycles. The summed E-state index contributed by atoms with van der Waals surface area (Å²) in [5, 5.41) is 5.95. The minimum Gasteiger partial charge on any atom is -0.385 e. The van der Waals surface area contributed by atoms with Crippen molar-refractivity contribution in [1.29, 1.82) is 0 Å². The molecule has 1 fully saturated rings. The van der Waals surface area contributed by atoms with E-state index in [4.69, 9.17) is 0 Å². The lowest BCUT2D eigenvalue weighted by Gasteiger charge is -2.11. The number of carbonyl (C=O) groups is 1. The molecule has 0 aromatic carbocycles. The summed E-state index contributed by atoms with van der Waals surface area (Å²) in [6, 6.07) is 3.70. The third kappa shape index (κ3) is 3.45. The summed E-state index contributed by atoms with van der Waals surface area (Å²) in [6.45, 7) is 0.974. The van der Waals surface area contributed by atoms with Crippen molar-refractivity contribution < 1.29 is 4.79 Å². The third-order valence-electron chi connectivity index (χ3n) is 3.58. The Balaban J connectivity index is 1.83. The van der Waals surface area contributed by atoms with Crippen molar-refractivity contribution in [2.45, 2.75) is 32.1 Å². The summed E-state index contributed by atoms with van der Waals surface area (Å²) in [4.78, 5) is 15.5. The first-order valence-corrected chi connectivity index (χ1v) is 6.71. The highest BCUT2D eigenvalue weighted by Crippen LogP contribution is 2.27. The Bertz CT molecular complexity index is 400. The van der Waals surface area contributed by atoms with Crippen LogP contribution >= 0.6 is 0 Å². The van der Waals surface area contributed by atoms with E-state index in [0.717, 1.165) is 18.2 Å². The van der Waals surface area contributed by atoms with E-state index >= 15 is 0 Å². The van der Waals surface area contributed by atoms with Gasteiger partial charge in [-0.1, -0.05) is 25.7 Å². The number of hydrogen-bond donors (Lipinski definition) is 2. The first-order valence-electron chi connectivity index (χ1n) is 6.71. The normalized spacial score (nSPS) is 15.6. The van der Waals surface area contributed by atoms with Crippen LogP contribution in [-0.4, -0.2) is 24.5 Å². The van der Waals surface area contributed by atoms with E-state index in [1.807, 2.05) is 6.07 Å². The minimum absolute atomic E-state index is 0.144. The molecule has 1 heterocycles. The average Bonchev–Trinajstić information content (AvgIpc) is 2.91. The van der Waals surface area contributed by atoms with E-state index in [9.17, 15) is 4.79 Å². The molecule has 4 nitrogen and oxygen atoms in total. The van der Waals surface area contributed by atoms with Gasteiger partial charge in [0.15, 0.2) is 0 Å². The summed E-state index contributed by atoms with van der Waals surface area (Å²) in [5.41, 5.74) is 1.44. The fraction of sp³-hybridized carbons (Fsp3) is 0.571. The number of hydrogen-bond acceptors (Lipinski definition) is 3. The van der Waals surface area contributed by atoms with E-state index in [0.29, 0.717) is 5.69 Å². The van der Waals surface area contributed by atoms with Gasteiger partial charge in [-0.2, -0.15) is 0 Å². The maximum atomic E-state index is 11.4. The zero-order valence-electron chi connectivity index (χ0n) is 10.9. The standard InChI is InChI=1S/C14H21N3O/c1-15-14(18)13-10-12(7-9-17-13)16-8-6-11-4-2-3-5-11/h7,9-11H,2-6,8H2,1H3,(H,15,18)(H,16,17). The van der Waals surface area contributed by atoms with Gasteiger partial charge in [-0.05, 0) is 24.5 Å². The summed E-state index contributed by atoms with van der Waals surface area (Å²) in [5.74, 6) is 0.743. The van der Waals surface area contributed by atoms with Crippen molar-refractivity contribution in [3.63, 3.8) is 0 Å². The van der Waals surface area contributed by atoms with E-state index in [-0.39, 0.29) is 5.91 Å². The Kier molecular flexibility index (Phi) is 4.56. The Morgan fingerprint density at radius 1 is 1.44 bits per heavy atom. The molecule has 98 valence electrons. The monoisotopic (exact) mass is 247 g/mol. The molecule has 0 bridgehead atoms. The van der Waals surface area contributed by atoms with Crippen LogP contribution in [-0.2, 0) is 0 Å². The molecule has 18 heavy (non-hydrogen) atoms. The van der Waals surface area contributed by atoms with Crippen LogP contribution in [0, 0.1) is 5.92 Å². The quantitative estimate of drug-likeness (QED) is 0.840. The second-order valence-electron chi connectivity index (χ2n) is 4.87. The topological polar surface area (TPSA) is 54.0 Å². The van der Waals surface area contributed by atoms with Crippen molar-refractivity contribution in [2.75, 3.05) is 18.9 Å². The molecular weight excluding hydrogens is 226 g/mol. The Labute approximate surface area is 108 Å². The van der Waals surface area contributed by atoms with Gasteiger partial charge < -0.3 is 10.6 Å². The van der Waals surface area contributed by atoms with Gasteiger partial charge in [-0.3, -0.25) is 9.78 Å². The van der Waals surface area contributed by atoms with Crippen LogP contribution in [0.5, 0.6) is 0 Å². The Morgan fingerprint density at radius 3 is 2.94 bits per heavy atom. The van der Waals surface area contributed by atoms with E-state index in [2.05, 4.69) is 15.6 Å². The van der Waals surface area contributed by atoms with Gasteiger partial charge in [-0.25, -0.2) is 0 Å². The number of amides is 1. The molecule has 1 saturated carbocycles. The second-order valence-corrected chi connectivity index (χ2v) is 4.87. The molecule has 0 atom stereocenters. The molecule has 0 radical (unpaired) electrons. The molecule has 2 rings (SSSR count). The average molecular weight is 247 g/mol. The van der Waals surface area contributed by atoms with Crippen molar-refractivity contribution >= 4 is 11.6 Å². The van der Waals surface area contributed by atoms with Gasteiger partial charge in [0.05, 0.1) is 0 Å². The lowest BCUT2D eigenvalue weighted by molar-refractivity contribution is 0.0958. The highest BCUT2D eigenvalue weighted by atomic mass is 16.1. The molecule has 0 unspecified atom stereocenters. The van der Waals surface area contributed by atoms with Gasteiger partial charge in [0.25, 0.3) is 5.91 Å². The van der Waals surface area contributed by atoms with Crippen LogP contribution in [0.2, 0.25) is 0 Å². The number of carbonyl (C=O) groups excluding carboxylic acids is 1. The second kappa shape index (κ2) is 6.38. The number of pyridine rings is 1. The van der Waals surface area contributed by atoms with Crippen LogP contribution in [0.3, 0.4) is 0 Å². The fourth-order valence-corrected chi connectivity index (χ4v) is 2.51. The smallest absolute Gasteiger partial charge is 0.269 e. The third-order valence-corrected chi connectivity index (χ3v) is 3.58. The zero-order valence-corrected chi connectivity index (χ0v) is 10.9. The van der Waals surface area contributed by atoms with Crippen LogP contribution < -0.4 is 10.6 Å². The van der Waals surface area contributed by atoms with Gasteiger partial charge >= 0.3 is 0 Å². The van der Waals surface area contributed by atoms with E-state index in [1.54, 1.807) is 19.3 Å². The predicted molar refractivity (Wildman–Crippen MR) is 72.7 cm³/mol. The first-order chi connectivity index (χ1) is 8.79. The molecule has 2 N–H and O–H groups in total. The first kappa shape index (κ1) is 12.9. The van der Waals surface area contributed by atoms with Gasteiger partial charge in [-0.15, -0.1) is 0 Å². The largest absolute Gasteiger partial charge is 0.385 e. The molecule has 1 aromatic rings. The number of rotatable bonds is 5. The summed E-state index contributed by atoms with van der Waals surface area (Å²) < 4.78 is 0. The lowest BCUT2D eigenvalue weighted by Crippen LogP contribution is -2.19. The molecular formula is C14H21N3O. The van der Waals surface area contributed by atoms with Crippen LogP contribution in [0.15, 0.2) is 18.3 Å². The molecule has 1 aliphatic carbocycles. The Morgan fingerprint density at radius 2 is 2.22 bits per heavy atom. The molecule has 0 aliphatic heterocycles. The van der Waals surface area contributed by atoms with Gasteiger partial charge in [0, 0.05) is 25.5 Å². The summed E-state index contributed by atoms with van der Waals surface area (Å²) >= 11 is 0. The number of anilines is 1. The molecule has 0 saturated heterocycles. The highest BCUT2D eigenvalue weighted by molar-refractivity contribution is 5.92. The van der Waals surface area contributed by atoms with Crippen molar-refractivity contribution in [2.24, 2.45) is 5.92 Å². The minimum atomic E-state index is -0.144. The van der Waals surface area contributed by atoms with E-state index in [1.165, 1.54) is 32.1 Å². The number of nitrogens with zero attached hydrogens (tertiary/aromatic N) is 1. The van der Waals surface area contributed by atoms with Crippen molar-refractivity contribution in [3.8, 4) is 0 Å². The molecule has 4 heteroatoms. The van der Waals surface area contributed by atoms with Gasteiger partial charge in [0.1, 0.15) is 5.69 Å². The van der Waals surface area contributed by atoms with Crippen LogP contribution in [0.25, 0.3) is 0 Å². The lowest BCUT2D eigenvalue weighted by atomic mass is 10.0.